The summed E-state index contributed by atoms with van der Waals surface area (Å²) in [5.74, 6) is 0.0137. The van der Waals surface area contributed by atoms with E-state index in [1.54, 1.807) is 20.8 Å². The third-order valence-corrected chi connectivity index (χ3v) is 4.28. The summed E-state index contributed by atoms with van der Waals surface area (Å²) in [5, 5.41) is 6.38. The van der Waals surface area contributed by atoms with Crippen molar-refractivity contribution in [3.63, 3.8) is 0 Å². The van der Waals surface area contributed by atoms with Crippen molar-refractivity contribution in [2.45, 2.75) is 70.5 Å². The molecule has 0 aromatic rings. The average Bonchev–Trinajstić information content (AvgIpc) is 2.68. The van der Waals surface area contributed by atoms with Gasteiger partial charge in [0.2, 0.25) is 5.91 Å². The van der Waals surface area contributed by atoms with Gasteiger partial charge in [-0.3, -0.25) is 4.79 Å². The molecular formula is C15H27ClN2O3. The van der Waals surface area contributed by atoms with Crippen LogP contribution < -0.4 is 10.6 Å². The fourth-order valence-electron chi connectivity index (χ4n) is 3.37. The number of carbonyl (C=O) groups excluding carboxylic acids is 2. The maximum Gasteiger partial charge on any atom is 0.331 e. The molecule has 2 rings (SSSR count). The minimum Gasteiger partial charge on any atom is -0.464 e. The van der Waals surface area contributed by atoms with E-state index in [4.69, 9.17) is 4.74 Å². The van der Waals surface area contributed by atoms with Crippen LogP contribution in [0.4, 0.5) is 0 Å². The second kappa shape index (κ2) is 7.45. The number of carbonyl (C=O) groups is 2. The third-order valence-electron chi connectivity index (χ3n) is 4.28. The fraction of sp³-hybridized carbons (Fsp3) is 0.867. The normalized spacial score (nSPS) is 27.7. The maximum atomic E-state index is 12.1. The van der Waals surface area contributed by atoms with Gasteiger partial charge in [-0.1, -0.05) is 0 Å². The second-order valence-electron chi connectivity index (χ2n) is 6.57. The summed E-state index contributed by atoms with van der Waals surface area (Å²) >= 11 is 0. The lowest BCUT2D eigenvalue weighted by molar-refractivity contribution is -0.151. The summed E-state index contributed by atoms with van der Waals surface area (Å²) in [5.41, 5.74) is -0.945. The molecule has 0 aromatic carbocycles. The Kier molecular flexibility index (Phi) is 6.47. The monoisotopic (exact) mass is 318 g/mol. The van der Waals surface area contributed by atoms with Gasteiger partial charge >= 0.3 is 5.97 Å². The number of esters is 1. The van der Waals surface area contributed by atoms with Gasteiger partial charge in [0.1, 0.15) is 5.54 Å². The number of piperidine rings is 1. The van der Waals surface area contributed by atoms with Gasteiger partial charge < -0.3 is 15.4 Å². The second-order valence-corrected chi connectivity index (χ2v) is 6.57. The van der Waals surface area contributed by atoms with Gasteiger partial charge in [0.15, 0.2) is 0 Å². The predicted octanol–water partition coefficient (Wildman–Crippen LogP) is 1.79. The SMILES string of the molecule is CCOC(=O)C(C)(C)NC(=O)CC1CC2CCC(C1)N2.Cl. The van der Waals surface area contributed by atoms with E-state index in [9.17, 15) is 9.59 Å². The van der Waals surface area contributed by atoms with Gasteiger partial charge in [-0.15, -0.1) is 12.4 Å². The third kappa shape index (κ3) is 4.85. The molecule has 5 nitrogen and oxygen atoms in total. The zero-order chi connectivity index (χ0) is 14.8. The first-order valence-electron chi connectivity index (χ1n) is 7.65. The molecule has 21 heavy (non-hydrogen) atoms. The fourth-order valence-corrected chi connectivity index (χ4v) is 3.37. The number of fused-ring (bicyclic) bond motifs is 2. The molecule has 122 valence electrons. The molecule has 2 fully saturated rings. The van der Waals surface area contributed by atoms with Crippen molar-refractivity contribution < 1.29 is 14.3 Å². The molecule has 2 bridgehead atoms. The Hall–Kier alpha value is -0.810. The summed E-state index contributed by atoms with van der Waals surface area (Å²) in [4.78, 5) is 23.9. The Morgan fingerprint density at radius 3 is 2.33 bits per heavy atom. The van der Waals surface area contributed by atoms with Gasteiger partial charge in [0.05, 0.1) is 6.61 Å². The summed E-state index contributed by atoms with van der Waals surface area (Å²) < 4.78 is 4.98. The molecule has 0 radical (unpaired) electrons. The number of hydrogen-bond acceptors (Lipinski definition) is 4. The smallest absolute Gasteiger partial charge is 0.331 e. The Bertz CT molecular complexity index is 375. The zero-order valence-corrected chi connectivity index (χ0v) is 13.9. The van der Waals surface area contributed by atoms with Gasteiger partial charge in [0, 0.05) is 18.5 Å². The first kappa shape index (κ1) is 18.2. The quantitative estimate of drug-likeness (QED) is 0.758. The summed E-state index contributed by atoms with van der Waals surface area (Å²) in [6, 6.07) is 1.18. The molecule has 0 aromatic heterocycles. The van der Waals surface area contributed by atoms with E-state index in [1.807, 2.05) is 0 Å². The van der Waals surface area contributed by atoms with Crippen molar-refractivity contribution in [3.8, 4) is 0 Å². The van der Waals surface area contributed by atoms with Crippen molar-refractivity contribution in [2.75, 3.05) is 6.61 Å². The van der Waals surface area contributed by atoms with Crippen LogP contribution in [-0.2, 0) is 14.3 Å². The number of amides is 1. The highest BCUT2D eigenvalue weighted by Gasteiger charge is 2.36. The Labute approximate surface area is 133 Å². The van der Waals surface area contributed by atoms with Crippen LogP contribution in [0.2, 0.25) is 0 Å². The molecule has 0 spiro atoms. The van der Waals surface area contributed by atoms with Crippen LogP contribution in [0.25, 0.3) is 0 Å². The van der Waals surface area contributed by atoms with Gasteiger partial charge in [0.25, 0.3) is 0 Å². The molecule has 2 aliphatic rings. The first-order chi connectivity index (χ1) is 9.40. The summed E-state index contributed by atoms with van der Waals surface area (Å²) in [6.45, 7) is 5.47. The molecule has 1 amide bonds. The predicted molar refractivity (Wildman–Crippen MR) is 83.4 cm³/mol. The minimum absolute atomic E-state index is 0. The minimum atomic E-state index is -0.945. The summed E-state index contributed by atoms with van der Waals surface area (Å²) in [7, 11) is 0. The van der Waals surface area contributed by atoms with Gasteiger partial charge in [-0.2, -0.15) is 0 Å². The Morgan fingerprint density at radius 1 is 1.24 bits per heavy atom. The van der Waals surface area contributed by atoms with E-state index in [1.165, 1.54) is 12.8 Å². The van der Waals surface area contributed by atoms with Crippen molar-refractivity contribution >= 4 is 24.3 Å². The first-order valence-corrected chi connectivity index (χ1v) is 7.65. The van der Waals surface area contributed by atoms with E-state index >= 15 is 0 Å². The number of ether oxygens (including phenoxy) is 1. The van der Waals surface area contributed by atoms with Crippen LogP contribution in [0.3, 0.4) is 0 Å². The molecule has 2 N–H and O–H groups in total. The molecular weight excluding hydrogens is 292 g/mol. The van der Waals surface area contributed by atoms with Crippen molar-refractivity contribution in [2.24, 2.45) is 5.92 Å². The Morgan fingerprint density at radius 2 is 1.81 bits per heavy atom. The van der Waals surface area contributed by atoms with Crippen LogP contribution in [0.5, 0.6) is 0 Å². The van der Waals surface area contributed by atoms with Crippen LogP contribution in [0.1, 0.15) is 52.9 Å². The van der Waals surface area contributed by atoms with Crippen molar-refractivity contribution in [1.29, 1.82) is 0 Å². The van der Waals surface area contributed by atoms with Crippen LogP contribution >= 0.6 is 12.4 Å². The Balaban J connectivity index is 0.00000220. The number of hydrogen-bond donors (Lipinski definition) is 2. The van der Waals surface area contributed by atoms with E-state index in [0.717, 1.165) is 12.8 Å². The molecule has 2 atom stereocenters. The lowest BCUT2D eigenvalue weighted by atomic mass is 9.89. The summed E-state index contributed by atoms with van der Waals surface area (Å²) in [6.07, 6.45) is 5.12. The molecule has 0 saturated carbocycles. The molecule has 6 heteroatoms. The largest absolute Gasteiger partial charge is 0.464 e. The van der Waals surface area contributed by atoms with E-state index in [0.29, 0.717) is 31.0 Å². The van der Waals surface area contributed by atoms with Gasteiger partial charge in [-0.25, -0.2) is 4.79 Å². The van der Waals surface area contributed by atoms with Crippen LogP contribution in [0.15, 0.2) is 0 Å². The molecule has 2 aliphatic heterocycles. The van der Waals surface area contributed by atoms with E-state index < -0.39 is 5.54 Å². The average molecular weight is 319 g/mol. The number of rotatable bonds is 5. The number of halogens is 1. The van der Waals surface area contributed by atoms with Crippen molar-refractivity contribution in [3.05, 3.63) is 0 Å². The van der Waals surface area contributed by atoms with Crippen molar-refractivity contribution in [1.82, 2.24) is 10.6 Å². The van der Waals surface area contributed by atoms with Crippen LogP contribution in [-0.4, -0.2) is 36.1 Å². The standard InChI is InChI=1S/C15H26N2O3.ClH/c1-4-20-14(19)15(2,3)17-13(18)9-10-7-11-5-6-12(8-10)16-11;/h10-12,16H,4-9H2,1-3H3,(H,17,18);1H. The lowest BCUT2D eigenvalue weighted by Crippen LogP contribution is -2.51. The number of nitrogens with one attached hydrogen (secondary N) is 2. The highest BCUT2D eigenvalue weighted by atomic mass is 35.5. The van der Waals surface area contributed by atoms with E-state index in [-0.39, 0.29) is 24.3 Å². The molecule has 2 heterocycles. The van der Waals surface area contributed by atoms with Crippen LogP contribution in [0, 0.1) is 5.92 Å². The topological polar surface area (TPSA) is 67.4 Å². The zero-order valence-electron chi connectivity index (χ0n) is 13.1. The molecule has 2 saturated heterocycles. The highest BCUT2D eigenvalue weighted by molar-refractivity contribution is 5.87. The highest BCUT2D eigenvalue weighted by Crippen LogP contribution is 2.32. The lowest BCUT2D eigenvalue weighted by Gasteiger charge is -2.30. The molecule has 2 unspecified atom stereocenters. The van der Waals surface area contributed by atoms with Gasteiger partial charge in [-0.05, 0) is 52.4 Å². The maximum absolute atomic E-state index is 12.1. The van der Waals surface area contributed by atoms with E-state index in [2.05, 4.69) is 10.6 Å². The molecule has 0 aliphatic carbocycles.